The Morgan fingerprint density at radius 2 is 2.00 bits per heavy atom. The summed E-state index contributed by atoms with van der Waals surface area (Å²) in [6.07, 6.45) is 3.12. The van der Waals surface area contributed by atoms with Crippen molar-refractivity contribution >= 4 is 15.9 Å². The van der Waals surface area contributed by atoms with E-state index in [1.54, 1.807) is 0 Å². The van der Waals surface area contributed by atoms with Gasteiger partial charge in [0, 0.05) is 23.8 Å². The molecular weight excluding hydrogens is 300 g/mol. The van der Waals surface area contributed by atoms with Crippen molar-refractivity contribution in [3.8, 4) is 0 Å². The SMILES string of the molecule is Brc1ccc(C2CCN(Cc3ccccn3)C2)cc1. The number of aromatic nitrogens is 1. The molecule has 0 spiro atoms. The fraction of sp³-hybridized carbons (Fsp3) is 0.312. The maximum absolute atomic E-state index is 4.40. The average molecular weight is 317 g/mol. The second kappa shape index (κ2) is 5.85. The van der Waals surface area contributed by atoms with Gasteiger partial charge in [-0.1, -0.05) is 34.1 Å². The van der Waals surface area contributed by atoms with E-state index < -0.39 is 0 Å². The number of pyridine rings is 1. The molecule has 2 heterocycles. The molecule has 98 valence electrons. The third-order valence-electron chi connectivity index (χ3n) is 3.73. The van der Waals surface area contributed by atoms with Crippen LogP contribution < -0.4 is 0 Å². The van der Waals surface area contributed by atoms with E-state index in [1.807, 2.05) is 12.3 Å². The van der Waals surface area contributed by atoms with Crippen molar-refractivity contribution in [1.29, 1.82) is 0 Å². The molecule has 1 aromatic heterocycles. The van der Waals surface area contributed by atoms with Gasteiger partial charge in [0.05, 0.1) is 5.69 Å². The van der Waals surface area contributed by atoms with Crippen LogP contribution in [0.4, 0.5) is 0 Å². The van der Waals surface area contributed by atoms with Gasteiger partial charge in [-0.2, -0.15) is 0 Å². The topological polar surface area (TPSA) is 16.1 Å². The van der Waals surface area contributed by atoms with Gasteiger partial charge in [-0.15, -0.1) is 0 Å². The minimum atomic E-state index is 0.664. The van der Waals surface area contributed by atoms with E-state index in [2.05, 4.69) is 62.2 Å². The number of rotatable bonds is 3. The Hall–Kier alpha value is -1.19. The molecule has 1 aromatic carbocycles. The highest BCUT2D eigenvalue weighted by Gasteiger charge is 2.23. The quantitative estimate of drug-likeness (QED) is 0.855. The molecule has 1 fully saturated rings. The van der Waals surface area contributed by atoms with E-state index in [9.17, 15) is 0 Å². The normalized spacial score (nSPS) is 19.7. The minimum Gasteiger partial charge on any atom is -0.297 e. The first kappa shape index (κ1) is 12.8. The molecule has 19 heavy (non-hydrogen) atoms. The number of likely N-dealkylation sites (tertiary alicyclic amines) is 1. The predicted octanol–water partition coefficient (Wildman–Crippen LogP) is 3.83. The number of halogens is 1. The highest BCUT2D eigenvalue weighted by molar-refractivity contribution is 9.10. The molecule has 2 nitrogen and oxygen atoms in total. The molecule has 0 aliphatic carbocycles. The van der Waals surface area contributed by atoms with Crippen LogP contribution in [0.2, 0.25) is 0 Å². The summed E-state index contributed by atoms with van der Waals surface area (Å²) in [5.74, 6) is 0.664. The lowest BCUT2D eigenvalue weighted by atomic mass is 9.99. The van der Waals surface area contributed by atoms with Gasteiger partial charge in [0.2, 0.25) is 0 Å². The van der Waals surface area contributed by atoms with Crippen LogP contribution in [0.5, 0.6) is 0 Å². The van der Waals surface area contributed by atoms with Crippen molar-refractivity contribution in [3.63, 3.8) is 0 Å². The molecule has 0 amide bonds. The van der Waals surface area contributed by atoms with Crippen LogP contribution in [-0.2, 0) is 6.54 Å². The van der Waals surface area contributed by atoms with E-state index in [1.165, 1.54) is 17.7 Å². The van der Waals surface area contributed by atoms with Gasteiger partial charge in [0.15, 0.2) is 0 Å². The first-order chi connectivity index (χ1) is 9.31. The molecule has 0 saturated carbocycles. The van der Waals surface area contributed by atoms with Crippen LogP contribution in [-0.4, -0.2) is 23.0 Å². The van der Waals surface area contributed by atoms with Crippen LogP contribution in [0.25, 0.3) is 0 Å². The van der Waals surface area contributed by atoms with Crippen LogP contribution >= 0.6 is 15.9 Å². The summed E-state index contributed by atoms with van der Waals surface area (Å²) in [4.78, 5) is 6.90. The molecule has 1 atom stereocenters. The Morgan fingerprint density at radius 3 is 2.74 bits per heavy atom. The largest absolute Gasteiger partial charge is 0.297 e. The molecule has 0 N–H and O–H groups in total. The first-order valence-electron chi connectivity index (χ1n) is 6.69. The molecule has 1 aliphatic heterocycles. The molecule has 0 bridgehead atoms. The molecule has 1 aliphatic rings. The summed E-state index contributed by atoms with van der Waals surface area (Å²) in [7, 11) is 0. The Labute approximate surface area is 122 Å². The van der Waals surface area contributed by atoms with Crippen LogP contribution in [0.3, 0.4) is 0 Å². The molecule has 3 rings (SSSR count). The Kier molecular flexibility index (Phi) is 3.95. The zero-order chi connectivity index (χ0) is 13.1. The first-order valence-corrected chi connectivity index (χ1v) is 7.48. The molecule has 1 unspecified atom stereocenters. The van der Waals surface area contributed by atoms with E-state index in [-0.39, 0.29) is 0 Å². The summed E-state index contributed by atoms with van der Waals surface area (Å²) in [6.45, 7) is 3.27. The van der Waals surface area contributed by atoms with Gasteiger partial charge in [-0.3, -0.25) is 9.88 Å². The van der Waals surface area contributed by atoms with Gasteiger partial charge in [0.1, 0.15) is 0 Å². The predicted molar refractivity (Wildman–Crippen MR) is 81.0 cm³/mol. The lowest BCUT2D eigenvalue weighted by Crippen LogP contribution is -2.20. The highest BCUT2D eigenvalue weighted by atomic mass is 79.9. The molecular formula is C16H17BrN2. The van der Waals surface area contributed by atoms with Crippen molar-refractivity contribution in [2.45, 2.75) is 18.9 Å². The number of hydrogen-bond donors (Lipinski definition) is 0. The smallest absolute Gasteiger partial charge is 0.0543 e. The third kappa shape index (κ3) is 3.23. The minimum absolute atomic E-state index is 0.664. The lowest BCUT2D eigenvalue weighted by molar-refractivity contribution is 0.323. The summed E-state index contributed by atoms with van der Waals surface area (Å²) in [6, 6.07) is 14.9. The van der Waals surface area contributed by atoms with Crippen molar-refractivity contribution < 1.29 is 0 Å². The standard InChI is InChI=1S/C16H17BrN2/c17-15-6-4-13(5-7-15)14-8-10-19(11-14)12-16-3-1-2-9-18-16/h1-7,9,14H,8,10-12H2. The Morgan fingerprint density at radius 1 is 1.16 bits per heavy atom. The maximum atomic E-state index is 4.40. The van der Waals surface area contributed by atoms with E-state index in [0.717, 1.165) is 24.1 Å². The summed E-state index contributed by atoms with van der Waals surface area (Å²) in [5, 5.41) is 0. The van der Waals surface area contributed by atoms with Crippen LogP contribution in [0.15, 0.2) is 53.1 Å². The van der Waals surface area contributed by atoms with E-state index in [4.69, 9.17) is 0 Å². The number of benzene rings is 1. The van der Waals surface area contributed by atoms with E-state index >= 15 is 0 Å². The van der Waals surface area contributed by atoms with Crippen LogP contribution in [0, 0.1) is 0 Å². The Bertz CT molecular complexity index is 524. The molecule has 1 saturated heterocycles. The highest BCUT2D eigenvalue weighted by Crippen LogP contribution is 2.28. The summed E-state index contributed by atoms with van der Waals surface area (Å²) >= 11 is 3.49. The fourth-order valence-electron chi connectivity index (χ4n) is 2.70. The van der Waals surface area contributed by atoms with Crippen molar-refractivity contribution in [1.82, 2.24) is 9.88 Å². The zero-order valence-electron chi connectivity index (χ0n) is 10.8. The van der Waals surface area contributed by atoms with Gasteiger partial charge in [-0.05, 0) is 48.7 Å². The monoisotopic (exact) mass is 316 g/mol. The van der Waals surface area contributed by atoms with Crippen molar-refractivity contribution in [3.05, 3.63) is 64.4 Å². The van der Waals surface area contributed by atoms with Crippen LogP contribution in [0.1, 0.15) is 23.6 Å². The third-order valence-corrected chi connectivity index (χ3v) is 4.25. The zero-order valence-corrected chi connectivity index (χ0v) is 12.4. The van der Waals surface area contributed by atoms with Gasteiger partial charge >= 0.3 is 0 Å². The second-order valence-electron chi connectivity index (χ2n) is 5.09. The van der Waals surface area contributed by atoms with Crippen molar-refractivity contribution in [2.24, 2.45) is 0 Å². The summed E-state index contributed by atoms with van der Waals surface area (Å²) < 4.78 is 1.15. The van der Waals surface area contributed by atoms with E-state index in [0.29, 0.717) is 5.92 Å². The van der Waals surface area contributed by atoms with Crippen molar-refractivity contribution in [2.75, 3.05) is 13.1 Å². The maximum Gasteiger partial charge on any atom is 0.0543 e. The fourth-order valence-corrected chi connectivity index (χ4v) is 2.97. The second-order valence-corrected chi connectivity index (χ2v) is 6.01. The van der Waals surface area contributed by atoms with Gasteiger partial charge < -0.3 is 0 Å². The molecule has 2 aromatic rings. The molecule has 0 radical (unpaired) electrons. The Balaban J connectivity index is 1.62. The lowest BCUT2D eigenvalue weighted by Gasteiger charge is -2.15. The van der Waals surface area contributed by atoms with Gasteiger partial charge in [-0.25, -0.2) is 0 Å². The number of hydrogen-bond acceptors (Lipinski definition) is 2. The van der Waals surface area contributed by atoms with Gasteiger partial charge in [0.25, 0.3) is 0 Å². The average Bonchev–Trinajstić information content (AvgIpc) is 2.89. The molecule has 3 heteroatoms. The summed E-state index contributed by atoms with van der Waals surface area (Å²) in [5.41, 5.74) is 2.62. The number of nitrogens with zero attached hydrogens (tertiary/aromatic N) is 2.